The highest BCUT2D eigenvalue weighted by atomic mass is 32.1. The molecular weight excluding hydrogens is 260 g/mol. The fraction of sp³-hybridized carbons (Fsp3) is 0. The van der Waals surface area contributed by atoms with Gasteiger partial charge in [0.1, 0.15) is 5.69 Å². The van der Waals surface area contributed by atoms with E-state index in [1.54, 1.807) is 11.3 Å². The fourth-order valence-corrected chi connectivity index (χ4v) is 2.83. The van der Waals surface area contributed by atoms with Crippen LogP contribution in [0.1, 0.15) is 5.56 Å². The Morgan fingerprint density at radius 2 is 2.16 bits per heavy atom. The minimum atomic E-state index is 0.764. The van der Waals surface area contributed by atoms with Crippen molar-refractivity contribution in [3.8, 4) is 10.6 Å². The molecular formula is C12H10N6S. The first kappa shape index (κ1) is 10.5. The van der Waals surface area contributed by atoms with Crippen molar-refractivity contribution in [2.24, 2.45) is 5.10 Å². The van der Waals surface area contributed by atoms with Crippen LogP contribution in [0.3, 0.4) is 0 Å². The number of hydrazone groups is 1. The van der Waals surface area contributed by atoms with Crippen LogP contribution in [0.15, 0.2) is 40.8 Å². The summed E-state index contributed by atoms with van der Waals surface area (Å²) in [4.78, 5) is 1.15. The highest BCUT2D eigenvalue weighted by Gasteiger charge is 2.13. The fourth-order valence-electron chi connectivity index (χ4n) is 2.10. The van der Waals surface area contributed by atoms with Gasteiger partial charge in [-0.15, -0.1) is 22.0 Å². The minimum Gasteiger partial charge on any atom is -0.285 e. The number of H-pyrrole nitrogens is 1. The summed E-state index contributed by atoms with van der Waals surface area (Å²) >= 11 is 1.68. The first-order chi connectivity index (χ1) is 9.42. The van der Waals surface area contributed by atoms with Crippen LogP contribution in [0.25, 0.3) is 21.5 Å². The van der Waals surface area contributed by atoms with Gasteiger partial charge in [-0.2, -0.15) is 5.10 Å². The van der Waals surface area contributed by atoms with E-state index in [2.05, 4.69) is 49.3 Å². The third-order valence-electron chi connectivity index (χ3n) is 3.00. The highest BCUT2D eigenvalue weighted by molar-refractivity contribution is 7.13. The molecule has 0 saturated heterocycles. The molecule has 3 heterocycles. The summed E-state index contributed by atoms with van der Waals surface area (Å²) in [7, 11) is 0. The van der Waals surface area contributed by atoms with Crippen molar-refractivity contribution in [3.63, 3.8) is 0 Å². The zero-order valence-electron chi connectivity index (χ0n) is 9.77. The van der Waals surface area contributed by atoms with Crippen LogP contribution in [0.5, 0.6) is 0 Å². The van der Waals surface area contributed by atoms with E-state index in [1.165, 1.54) is 0 Å². The van der Waals surface area contributed by atoms with Gasteiger partial charge >= 0.3 is 0 Å². The topological polar surface area (TPSA) is 77.1 Å². The van der Waals surface area contributed by atoms with Crippen molar-refractivity contribution in [1.82, 2.24) is 26.7 Å². The van der Waals surface area contributed by atoms with Gasteiger partial charge in [-0.3, -0.25) is 10.5 Å². The lowest BCUT2D eigenvalue weighted by atomic mass is 10.1. The van der Waals surface area contributed by atoms with Gasteiger partial charge in [-0.1, -0.05) is 6.07 Å². The van der Waals surface area contributed by atoms with Gasteiger partial charge in [0.2, 0.25) is 0 Å². The number of fused-ring (bicyclic) bond motifs is 1. The van der Waals surface area contributed by atoms with Crippen molar-refractivity contribution in [1.29, 1.82) is 0 Å². The number of nitrogens with one attached hydrogen (secondary N) is 4. The van der Waals surface area contributed by atoms with Gasteiger partial charge in [0.15, 0.2) is 5.84 Å². The molecule has 0 aliphatic carbocycles. The standard InChI is InChI=1S/C12H10N6S/c1-2-10(19-5-1)11-8-6-7(12-15-17-18-16-12)3-4-9(8)13-14-11/h1-6,17-18H,(H,13,14)(H,15,16). The van der Waals surface area contributed by atoms with E-state index >= 15 is 0 Å². The zero-order chi connectivity index (χ0) is 12.7. The first-order valence-electron chi connectivity index (χ1n) is 5.78. The Labute approximate surface area is 112 Å². The van der Waals surface area contributed by atoms with Crippen LogP contribution in [0.4, 0.5) is 0 Å². The van der Waals surface area contributed by atoms with Crippen molar-refractivity contribution in [3.05, 3.63) is 41.3 Å². The van der Waals surface area contributed by atoms with Crippen LogP contribution in [0.2, 0.25) is 0 Å². The molecule has 7 heteroatoms. The number of benzene rings is 1. The molecule has 0 bridgehead atoms. The maximum Gasteiger partial charge on any atom is 0.170 e. The van der Waals surface area contributed by atoms with Crippen molar-refractivity contribution < 1.29 is 0 Å². The lowest BCUT2D eigenvalue weighted by molar-refractivity contribution is 0.577. The number of hydrazine groups is 2. The summed E-state index contributed by atoms with van der Waals surface area (Å²) in [6.45, 7) is 0. The molecule has 1 aromatic carbocycles. The smallest absolute Gasteiger partial charge is 0.170 e. The van der Waals surface area contributed by atoms with Gasteiger partial charge in [0, 0.05) is 10.9 Å². The van der Waals surface area contributed by atoms with Crippen LogP contribution in [-0.4, -0.2) is 16.0 Å². The largest absolute Gasteiger partial charge is 0.285 e. The Hall–Kier alpha value is -2.38. The molecule has 6 nitrogen and oxygen atoms in total. The third-order valence-corrected chi connectivity index (χ3v) is 3.87. The Bertz CT molecular complexity index is 758. The average Bonchev–Trinajstić information content (AvgIpc) is 3.18. The van der Waals surface area contributed by atoms with E-state index in [0.29, 0.717) is 0 Å². The number of thiophene rings is 1. The van der Waals surface area contributed by atoms with E-state index in [0.717, 1.165) is 32.9 Å². The predicted octanol–water partition coefficient (Wildman–Crippen LogP) is 1.57. The van der Waals surface area contributed by atoms with Crippen molar-refractivity contribution in [2.75, 3.05) is 0 Å². The normalized spacial score (nSPS) is 14.2. The van der Waals surface area contributed by atoms with Crippen molar-refractivity contribution >= 4 is 28.1 Å². The second-order valence-corrected chi connectivity index (χ2v) is 5.08. The number of hydrogen-bond donors (Lipinski definition) is 4. The summed E-state index contributed by atoms with van der Waals surface area (Å²) in [6, 6.07) is 10.2. The Morgan fingerprint density at radius 1 is 1.16 bits per heavy atom. The van der Waals surface area contributed by atoms with E-state index in [1.807, 2.05) is 18.2 Å². The van der Waals surface area contributed by atoms with Crippen LogP contribution in [-0.2, 0) is 0 Å². The number of hydrogen-bond acceptors (Lipinski definition) is 6. The van der Waals surface area contributed by atoms with Crippen molar-refractivity contribution in [2.45, 2.75) is 0 Å². The van der Waals surface area contributed by atoms with Gasteiger partial charge < -0.3 is 0 Å². The average molecular weight is 270 g/mol. The molecule has 0 atom stereocenters. The molecule has 1 aliphatic heterocycles. The molecule has 0 radical (unpaired) electrons. The molecule has 1 aliphatic rings. The maximum absolute atomic E-state index is 4.40. The summed E-state index contributed by atoms with van der Waals surface area (Å²) in [5.74, 6) is 0.764. The first-order valence-corrected chi connectivity index (χ1v) is 6.66. The second-order valence-electron chi connectivity index (χ2n) is 4.13. The van der Waals surface area contributed by atoms with E-state index in [-0.39, 0.29) is 0 Å². The van der Waals surface area contributed by atoms with Gasteiger partial charge in [0.25, 0.3) is 0 Å². The highest BCUT2D eigenvalue weighted by Crippen LogP contribution is 2.30. The number of rotatable bonds is 2. The molecule has 94 valence electrons. The minimum absolute atomic E-state index is 0.764. The van der Waals surface area contributed by atoms with Crippen LogP contribution >= 0.6 is 11.3 Å². The molecule has 4 N–H and O–H groups in total. The van der Waals surface area contributed by atoms with Gasteiger partial charge in [-0.05, 0) is 29.6 Å². The Morgan fingerprint density at radius 3 is 2.95 bits per heavy atom. The molecule has 0 fully saturated rings. The zero-order valence-corrected chi connectivity index (χ0v) is 10.6. The molecule has 2 aromatic heterocycles. The molecule has 3 aromatic rings. The summed E-state index contributed by atoms with van der Waals surface area (Å²) in [6.07, 6.45) is 0. The van der Waals surface area contributed by atoms with E-state index in [4.69, 9.17) is 0 Å². The molecule has 19 heavy (non-hydrogen) atoms. The summed E-state index contributed by atoms with van der Waals surface area (Å²) in [5.41, 5.74) is 11.3. The number of nitrogens with zero attached hydrogens (tertiary/aromatic N) is 2. The molecule has 0 amide bonds. The molecule has 0 saturated carbocycles. The third kappa shape index (κ3) is 1.67. The Balaban J connectivity index is 1.89. The van der Waals surface area contributed by atoms with Crippen LogP contribution < -0.4 is 16.5 Å². The lowest BCUT2D eigenvalue weighted by Gasteiger charge is -2.01. The van der Waals surface area contributed by atoms with Gasteiger partial charge in [-0.25, -0.2) is 5.53 Å². The number of amidine groups is 1. The maximum atomic E-state index is 4.40. The number of aromatic nitrogens is 2. The van der Waals surface area contributed by atoms with E-state index in [9.17, 15) is 0 Å². The summed E-state index contributed by atoms with van der Waals surface area (Å²) < 4.78 is 0. The lowest BCUT2D eigenvalue weighted by Crippen LogP contribution is -2.35. The number of aromatic amines is 1. The van der Waals surface area contributed by atoms with Crippen LogP contribution in [0, 0.1) is 0 Å². The SMILES string of the molecule is c1csc(-c2n[nH]c3ccc(C4=NNNN4)cc23)c1. The summed E-state index contributed by atoms with van der Waals surface area (Å²) in [5, 5.41) is 14.7. The molecule has 0 spiro atoms. The quantitative estimate of drug-likeness (QED) is 0.570. The predicted molar refractivity (Wildman–Crippen MR) is 75.4 cm³/mol. The molecule has 4 rings (SSSR count). The second kappa shape index (κ2) is 4.08. The molecule has 0 unspecified atom stereocenters. The van der Waals surface area contributed by atoms with Gasteiger partial charge in [0.05, 0.1) is 10.4 Å². The Kier molecular flexibility index (Phi) is 2.26. The monoisotopic (exact) mass is 270 g/mol. The van der Waals surface area contributed by atoms with E-state index < -0.39 is 0 Å².